The zero-order valence-corrected chi connectivity index (χ0v) is 17.3. The molecule has 0 N–H and O–H groups in total. The Morgan fingerprint density at radius 3 is 2.38 bits per heavy atom. The van der Waals surface area contributed by atoms with E-state index in [4.69, 9.17) is 14.5 Å². The average molecular weight is 389 g/mol. The van der Waals surface area contributed by atoms with Gasteiger partial charge in [0, 0.05) is 36.6 Å². The number of benzene rings is 2. The summed E-state index contributed by atoms with van der Waals surface area (Å²) in [6, 6.07) is 16.1. The van der Waals surface area contributed by atoms with Gasteiger partial charge in [-0.05, 0) is 73.2 Å². The van der Waals surface area contributed by atoms with Gasteiger partial charge in [0.2, 0.25) is 0 Å². The molecule has 0 amide bonds. The standard InChI is InChI=1S/C25H27NO3/c1-18-14-21(7-8-22(18)17-27)24-15-19(6-4-5-13-28-2)16-26-25(24)20-9-11-23(29-3)12-10-20/h7-12,14-17H,4-6,13H2,1-3H3. The van der Waals surface area contributed by atoms with E-state index in [1.54, 1.807) is 14.2 Å². The van der Waals surface area contributed by atoms with Gasteiger partial charge < -0.3 is 9.47 Å². The van der Waals surface area contributed by atoms with Crippen LogP contribution in [0.5, 0.6) is 5.75 Å². The van der Waals surface area contributed by atoms with Crippen molar-refractivity contribution in [3.05, 3.63) is 71.4 Å². The zero-order valence-electron chi connectivity index (χ0n) is 17.3. The second kappa shape index (κ2) is 9.99. The Balaban J connectivity index is 2.02. The number of rotatable bonds is 9. The van der Waals surface area contributed by atoms with Crippen LogP contribution in [0.3, 0.4) is 0 Å². The molecule has 0 saturated heterocycles. The molecule has 4 heteroatoms. The molecule has 0 unspecified atom stereocenters. The van der Waals surface area contributed by atoms with Crippen LogP contribution in [0.15, 0.2) is 54.7 Å². The molecule has 0 saturated carbocycles. The highest BCUT2D eigenvalue weighted by molar-refractivity contribution is 5.84. The predicted octanol–water partition coefficient (Wildman–Crippen LogP) is 5.51. The number of nitrogens with zero attached hydrogens (tertiary/aromatic N) is 1. The number of unbranched alkanes of at least 4 members (excludes halogenated alkanes) is 1. The summed E-state index contributed by atoms with van der Waals surface area (Å²) in [4.78, 5) is 16.0. The molecule has 0 aliphatic heterocycles. The second-order valence-electron chi connectivity index (χ2n) is 7.11. The highest BCUT2D eigenvalue weighted by Crippen LogP contribution is 2.33. The Hall–Kier alpha value is -2.98. The van der Waals surface area contributed by atoms with Crippen LogP contribution in [0.1, 0.15) is 34.3 Å². The first kappa shape index (κ1) is 20.7. The van der Waals surface area contributed by atoms with Crippen LogP contribution in [0.25, 0.3) is 22.4 Å². The van der Waals surface area contributed by atoms with Crippen LogP contribution in [-0.2, 0) is 11.2 Å². The predicted molar refractivity (Wildman–Crippen MR) is 117 cm³/mol. The van der Waals surface area contributed by atoms with E-state index < -0.39 is 0 Å². The van der Waals surface area contributed by atoms with Crippen LogP contribution in [-0.4, -0.2) is 32.1 Å². The number of methoxy groups -OCH3 is 2. The number of ether oxygens (including phenoxy) is 2. The third-order valence-corrected chi connectivity index (χ3v) is 5.08. The number of aromatic nitrogens is 1. The fourth-order valence-corrected chi connectivity index (χ4v) is 3.39. The summed E-state index contributed by atoms with van der Waals surface area (Å²) < 4.78 is 10.4. The molecule has 0 radical (unpaired) electrons. The number of hydrogen-bond donors (Lipinski definition) is 0. The van der Waals surface area contributed by atoms with Crippen LogP contribution in [0, 0.1) is 6.92 Å². The van der Waals surface area contributed by atoms with Gasteiger partial charge in [-0.15, -0.1) is 0 Å². The summed E-state index contributed by atoms with van der Waals surface area (Å²) in [5.74, 6) is 0.816. The summed E-state index contributed by atoms with van der Waals surface area (Å²) in [6.45, 7) is 2.74. The minimum atomic E-state index is 0.712. The zero-order chi connectivity index (χ0) is 20.6. The van der Waals surface area contributed by atoms with Crippen molar-refractivity contribution in [1.29, 1.82) is 0 Å². The fourth-order valence-electron chi connectivity index (χ4n) is 3.39. The van der Waals surface area contributed by atoms with E-state index in [-0.39, 0.29) is 0 Å². The lowest BCUT2D eigenvalue weighted by Crippen LogP contribution is -1.97. The van der Waals surface area contributed by atoms with Crippen molar-refractivity contribution in [2.75, 3.05) is 20.8 Å². The molecular weight excluding hydrogens is 362 g/mol. The number of aryl methyl sites for hydroxylation is 2. The number of pyridine rings is 1. The maximum absolute atomic E-state index is 11.2. The molecule has 150 valence electrons. The molecule has 1 heterocycles. The molecule has 0 spiro atoms. The van der Waals surface area contributed by atoms with E-state index in [0.717, 1.165) is 65.9 Å². The molecule has 0 fully saturated rings. The van der Waals surface area contributed by atoms with Crippen LogP contribution in [0.2, 0.25) is 0 Å². The summed E-state index contributed by atoms with van der Waals surface area (Å²) >= 11 is 0. The molecule has 4 nitrogen and oxygen atoms in total. The molecule has 0 bridgehead atoms. The van der Waals surface area contributed by atoms with Gasteiger partial charge in [-0.3, -0.25) is 9.78 Å². The molecule has 3 aromatic rings. The first-order valence-electron chi connectivity index (χ1n) is 9.84. The quantitative estimate of drug-likeness (QED) is 0.357. The van der Waals surface area contributed by atoms with Crippen LogP contribution in [0.4, 0.5) is 0 Å². The number of aldehydes is 1. The second-order valence-corrected chi connectivity index (χ2v) is 7.11. The lowest BCUT2D eigenvalue weighted by Gasteiger charge is -2.13. The Bertz CT molecular complexity index is 964. The molecule has 0 atom stereocenters. The van der Waals surface area contributed by atoms with Crippen molar-refractivity contribution < 1.29 is 14.3 Å². The molecule has 2 aromatic carbocycles. The largest absolute Gasteiger partial charge is 0.497 e. The van der Waals surface area contributed by atoms with Crippen molar-refractivity contribution in [3.8, 4) is 28.1 Å². The van der Waals surface area contributed by atoms with Gasteiger partial charge >= 0.3 is 0 Å². The Morgan fingerprint density at radius 1 is 0.966 bits per heavy atom. The molecule has 29 heavy (non-hydrogen) atoms. The lowest BCUT2D eigenvalue weighted by atomic mass is 9.94. The monoisotopic (exact) mass is 389 g/mol. The third-order valence-electron chi connectivity index (χ3n) is 5.08. The van der Waals surface area contributed by atoms with Gasteiger partial charge in [0.25, 0.3) is 0 Å². The van der Waals surface area contributed by atoms with Gasteiger partial charge in [0.1, 0.15) is 12.0 Å². The molecule has 0 aliphatic rings. The van der Waals surface area contributed by atoms with Crippen molar-refractivity contribution in [2.45, 2.75) is 26.2 Å². The fraction of sp³-hybridized carbons (Fsp3) is 0.280. The average Bonchev–Trinajstić information content (AvgIpc) is 2.76. The van der Waals surface area contributed by atoms with E-state index >= 15 is 0 Å². The van der Waals surface area contributed by atoms with E-state index in [1.165, 1.54) is 5.56 Å². The maximum atomic E-state index is 11.2. The maximum Gasteiger partial charge on any atom is 0.150 e. The van der Waals surface area contributed by atoms with Crippen molar-refractivity contribution in [3.63, 3.8) is 0 Å². The van der Waals surface area contributed by atoms with Crippen molar-refractivity contribution in [1.82, 2.24) is 4.98 Å². The number of carbonyl (C=O) groups is 1. The van der Waals surface area contributed by atoms with Gasteiger partial charge in [0.15, 0.2) is 0 Å². The number of hydrogen-bond acceptors (Lipinski definition) is 4. The van der Waals surface area contributed by atoms with Gasteiger partial charge in [-0.1, -0.05) is 18.2 Å². The van der Waals surface area contributed by atoms with E-state index in [1.807, 2.05) is 49.5 Å². The summed E-state index contributed by atoms with van der Waals surface area (Å²) in [5.41, 5.74) is 6.96. The summed E-state index contributed by atoms with van der Waals surface area (Å²) in [7, 11) is 3.39. The van der Waals surface area contributed by atoms with Crippen LogP contribution >= 0.6 is 0 Å². The lowest BCUT2D eigenvalue weighted by molar-refractivity contribution is 0.112. The van der Waals surface area contributed by atoms with E-state index in [0.29, 0.717) is 5.56 Å². The SMILES string of the molecule is COCCCCc1cnc(-c2ccc(OC)cc2)c(-c2ccc(C=O)c(C)c2)c1. The Labute approximate surface area is 172 Å². The van der Waals surface area contributed by atoms with Gasteiger partial charge in [0.05, 0.1) is 12.8 Å². The van der Waals surface area contributed by atoms with E-state index in [2.05, 4.69) is 12.1 Å². The minimum Gasteiger partial charge on any atom is -0.497 e. The summed E-state index contributed by atoms with van der Waals surface area (Å²) in [5, 5.41) is 0. The number of carbonyl (C=O) groups excluding carboxylic acids is 1. The third kappa shape index (κ3) is 5.09. The van der Waals surface area contributed by atoms with E-state index in [9.17, 15) is 4.79 Å². The first-order chi connectivity index (χ1) is 14.2. The molecule has 1 aromatic heterocycles. The Kier molecular flexibility index (Phi) is 7.14. The summed E-state index contributed by atoms with van der Waals surface area (Å²) in [6.07, 6.45) is 5.90. The van der Waals surface area contributed by atoms with Crippen molar-refractivity contribution >= 4 is 6.29 Å². The molecule has 0 aliphatic carbocycles. The van der Waals surface area contributed by atoms with Gasteiger partial charge in [-0.2, -0.15) is 0 Å². The van der Waals surface area contributed by atoms with Crippen molar-refractivity contribution in [2.24, 2.45) is 0 Å². The minimum absolute atomic E-state index is 0.712. The highest BCUT2D eigenvalue weighted by Gasteiger charge is 2.12. The van der Waals surface area contributed by atoms with Crippen LogP contribution < -0.4 is 4.74 Å². The van der Waals surface area contributed by atoms with Gasteiger partial charge in [-0.25, -0.2) is 0 Å². The smallest absolute Gasteiger partial charge is 0.150 e. The molecule has 3 rings (SSSR count). The topological polar surface area (TPSA) is 48.4 Å². The highest BCUT2D eigenvalue weighted by atomic mass is 16.5. The Morgan fingerprint density at radius 2 is 1.72 bits per heavy atom. The molecular formula is C25H27NO3. The first-order valence-corrected chi connectivity index (χ1v) is 9.84. The normalized spacial score (nSPS) is 10.7.